The van der Waals surface area contributed by atoms with Gasteiger partial charge in [-0.25, -0.2) is 9.97 Å². The lowest BCUT2D eigenvalue weighted by Gasteiger charge is -2.18. The Bertz CT molecular complexity index is 861. The molecule has 0 aliphatic heterocycles. The van der Waals surface area contributed by atoms with Crippen molar-refractivity contribution in [1.29, 1.82) is 0 Å². The summed E-state index contributed by atoms with van der Waals surface area (Å²) in [6, 6.07) is 16.4. The third-order valence-corrected chi connectivity index (χ3v) is 4.31. The standard InChI is InChI=1S/C20H23N5/c1-13-9-10-17(11-14(13)2)25-20-18(21)19(22-12-23-20)24-15(3)16-7-5-4-6-8-16/h4-12,15H,21H2,1-3H3,(H2,22,23,24,25). The first-order valence-corrected chi connectivity index (χ1v) is 8.31. The number of anilines is 4. The van der Waals surface area contributed by atoms with E-state index in [4.69, 9.17) is 5.73 Å². The first-order chi connectivity index (χ1) is 12.0. The van der Waals surface area contributed by atoms with Crippen LogP contribution in [0.15, 0.2) is 54.9 Å². The predicted octanol–water partition coefficient (Wildman–Crippen LogP) is 4.59. The van der Waals surface area contributed by atoms with Crippen LogP contribution < -0.4 is 16.4 Å². The van der Waals surface area contributed by atoms with E-state index in [2.05, 4.69) is 65.6 Å². The Morgan fingerprint density at radius 1 is 0.920 bits per heavy atom. The minimum absolute atomic E-state index is 0.0906. The van der Waals surface area contributed by atoms with Crippen LogP contribution in [0.1, 0.15) is 29.7 Å². The highest BCUT2D eigenvalue weighted by atomic mass is 15.1. The van der Waals surface area contributed by atoms with Crippen molar-refractivity contribution in [2.45, 2.75) is 26.8 Å². The largest absolute Gasteiger partial charge is 0.393 e. The van der Waals surface area contributed by atoms with Crippen molar-refractivity contribution in [2.75, 3.05) is 16.4 Å². The molecule has 128 valence electrons. The van der Waals surface area contributed by atoms with Crippen LogP contribution in [-0.2, 0) is 0 Å². The summed E-state index contributed by atoms with van der Waals surface area (Å²) in [6.07, 6.45) is 1.51. The fourth-order valence-electron chi connectivity index (χ4n) is 2.60. The molecule has 1 unspecified atom stereocenters. The van der Waals surface area contributed by atoms with Gasteiger partial charge in [-0.15, -0.1) is 0 Å². The molecule has 0 saturated carbocycles. The van der Waals surface area contributed by atoms with Crippen LogP contribution in [0.4, 0.5) is 23.0 Å². The van der Waals surface area contributed by atoms with Gasteiger partial charge in [0.15, 0.2) is 11.6 Å². The van der Waals surface area contributed by atoms with Crippen LogP contribution in [0, 0.1) is 13.8 Å². The highest BCUT2D eigenvalue weighted by Gasteiger charge is 2.12. The summed E-state index contributed by atoms with van der Waals surface area (Å²) in [4.78, 5) is 8.57. The van der Waals surface area contributed by atoms with Gasteiger partial charge in [0.2, 0.25) is 0 Å². The average molecular weight is 333 g/mol. The minimum Gasteiger partial charge on any atom is -0.393 e. The molecule has 1 aromatic heterocycles. The van der Waals surface area contributed by atoms with Crippen molar-refractivity contribution in [2.24, 2.45) is 0 Å². The SMILES string of the molecule is Cc1ccc(Nc2ncnc(NC(C)c3ccccc3)c2N)cc1C. The number of hydrogen-bond acceptors (Lipinski definition) is 5. The number of aromatic nitrogens is 2. The summed E-state index contributed by atoms with van der Waals surface area (Å²) in [7, 11) is 0. The maximum Gasteiger partial charge on any atom is 0.159 e. The topological polar surface area (TPSA) is 75.9 Å². The molecule has 2 aromatic carbocycles. The van der Waals surface area contributed by atoms with Crippen molar-refractivity contribution in [3.05, 3.63) is 71.5 Å². The Morgan fingerprint density at radius 3 is 2.36 bits per heavy atom. The van der Waals surface area contributed by atoms with Crippen LogP contribution in [0.5, 0.6) is 0 Å². The van der Waals surface area contributed by atoms with E-state index in [9.17, 15) is 0 Å². The van der Waals surface area contributed by atoms with Gasteiger partial charge in [0.25, 0.3) is 0 Å². The lowest BCUT2D eigenvalue weighted by Crippen LogP contribution is -2.11. The third-order valence-electron chi connectivity index (χ3n) is 4.31. The zero-order chi connectivity index (χ0) is 17.8. The van der Waals surface area contributed by atoms with Gasteiger partial charge >= 0.3 is 0 Å². The van der Waals surface area contributed by atoms with Gasteiger partial charge in [0, 0.05) is 5.69 Å². The normalized spacial score (nSPS) is 11.8. The molecular weight excluding hydrogens is 310 g/mol. The molecule has 0 radical (unpaired) electrons. The summed E-state index contributed by atoms with van der Waals surface area (Å²) in [6.45, 7) is 6.25. The van der Waals surface area contributed by atoms with Crippen LogP contribution in [0.25, 0.3) is 0 Å². The maximum atomic E-state index is 6.28. The van der Waals surface area contributed by atoms with Crippen molar-refractivity contribution in [3.8, 4) is 0 Å². The number of nitrogens with one attached hydrogen (secondary N) is 2. The minimum atomic E-state index is 0.0906. The lowest BCUT2D eigenvalue weighted by molar-refractivity contribution is 0.873. The highest BCUT2D eigenvalue weighted by molar-refractivity contribution is 5.78. The highest BCUT2D eigenvalue weighted by Crippen LogP contribution is 2.29. The van der Waals surface area contributed by atoms with E-state index in [0.717, 1.165) is 5.69 Å². The molecule has 5 heteroatoms. The first kappa shape index (κ1) is 16.8. The Hall–Kier alpha value is -3.08. The molecule has 0 amide bonds. The third kappa shape index (κ3) is 3.88. The molecule has 0 aliphatic rings. The van der Waals surface area contributed by atoms with Crippen molar-refractivity contribution in [3.63, 3.8) is 0 Å². The second-order valence-electron chi connectivity index (χ2n) is 6.19. The zero-order valence-electron chi connectivity index (χ0n) is 14.7. The van der Waals surface area contributed by atoms with E-state index < -0.39 is 0 Å². The van der Waals surface area contributed by atoms with Crippen LogP contribution in [0.3, 0.4) is 0 Å². The van der Waals surface area contributed by atoms with E-state index in [1.54, 1.807) is 0 Å². The van der Waals surface area contributed by atoms with Gasteiger partial charge in [-0.05, 0) is 49.6 Å². The van der Waals surface area contributed by atoms with Gasteiger partial charge in [-0.2, -0.15) is 0 Å². The van der Waals surface area contributed by atoms with E-state index >= 15 is 0 Å². The summed E-state index contributed by atoms with van der Waals surface area (Å²) in [5, 5.41) is 6.63. The van der Waals surface area contributed by atoms with Gasteiger partial charge in [0.1, 0.15) is 12.0 Å². The molecule has 3 rings (SSSR count). The Morgan fingerprint density at radius 2 is 1.64 bits per heavy atom. The lowest BCUT2D eigenvalue weighted by atomic mass is 10.1. The fourth-order valence-corrected chi connectivity index (χ4v) is 2.60. The molecule has 0 bridgehead atoms. The Kier molecular flexibility index (Phi) is 4.84. The monoisotopic (exact) mass is 333 g/mol. The second kappa shape index (κ2) is 7.21. The zero-order valence-corrected chi connectivity index (χ0v) is 14.7. The van der Waals surface area contributed by atoms with E-state index in [-0.39, 0.29) is 6.04 Å². The van der Waals surface area contributed by atoms with Crippen LogP contribution >= 0.6 is 0 Å². The predicted molar refractivity (Wildman–Crippen MR) is 104 cm³/mol. The van der Waals surface area contributed by atoms with Crippen molar-refractivity contribution < 1.29 is 0 Å². The maximum absolute atomic E-state index is 6.28. The number of benzene rings is 2. The van der Waals surface area contributed by atoms with Crippen molar-refractivity contribution in [1.82, 2.24) is 9.97 Å². The summed E-state index contributed by atoms with van der Waals surface area (Å²) in [5.74, 6) is 1.22. The molecule has 5 nitrogen and oxygen atoms in total. The summed E-state index contributed by atoms with van der Waals surface area (Å²) >= 11 is 0. The van der Waals surface area contributed by atoms with Gasteiger partial charge in [-0.3, -0.25) is 0 Å². The number of nitrogen functional groups attached to an aromatic ring is 1. The van der Waals surface area contributed by atoms with Crippen molar-refractivity contribution >= 4 is 23.0 Å². The molecule has 4 N–H and O–H groups in total. The number of aryl methyl sites for hydroxylation is 2. The number of nitrogens with two attached hydrogens (primary N) is 1. The Labute approximate surface area is 148 Å². The van der Waals surface area contributed by atoms with Gasteiger partial charge in [-0.1, -0.05) is 36.4 Å². The molecule has 25 heavy (non-hydrogen) atoms. The number of nitrogens with zero attached hydrogens (tertiary/aromatic N) is 2. The summed E-state index contributed by atoms with van der Waals surface area (Å²) < 4.78 is 0. The molecule has 0 aliphatic carbocycles. The van der Waals surface area contributed by atoms with Gasteiger partial charge in [0.05, 0.1) is 6.04 Å². The first-order valence-electron chi connectivity index (χ1n) is 8.31. The molecule has 1 heterocycles. The van der Waals surface area contributed by atoms with Crippen LogP contribution in [-0.4, -0.2) is 9.97 Å². The van der Waals surface area contributed by atoms with E-state index in [0.29, 0.717) is 17.3 Å². The van der Waals surface area contributed by atoms with E-state index in [1.165, 1.54) is 23.0 Å². The molecule has 0 spiro atoms. The van der Waals surface area contributed by atoms with Gasteiger partial charge < -0.3 is 16.4 Å². The molecule has 0 fully saturated rings. The number of rotatable bonds is 5. The molecule has 0 saturated heterocycles. The quantitative estimate of drug-likeness (QED) is 0.636. The molecule has 3 aromatic rings. The number of hydrogen-bond donors (Lipinski definition) is 3. The summed E-state index contributed by atoms with van der Waals surface area (Å²) in [5.41, 5.74) is 11.4. The molecule has 1 atom stereocenters. The second-order valence-corrected chi connectivity index (χ2v) is 6.19. The fraction of sp³-hybridized carbons (Fsp3) is 0.200. The van der Waals surface area contributed by atoms with Crippen LogP contribution in [0.2, 0.25) is 0 Å². The Balaban J connectivity index is 1.81. The average Bonchev–Trinajstić information content (AvgIpc) is 2.62. The molecular formula is C20H23N5. The smallest absolute Gasteiger partial charge is 0.159 e. The van der Waals surface area contributed by atoms with E-state index in [1.807, 2.05) is 24.3 Å².